The number of rotatable bonds is 8. The highest BCUT2D eigenvalue weighted by Gasteiger charge is 2.13. The van der Waals surface area contributed by atoms with Gasteiger partial charge < -0.3 is 25.3 Å². The predicted octanol–water partition coefficient (Wildman–Crippen LogP) is 2.57. The van der Waals surface area contributed by atoms with Crippen LogP contribution in [0.25, 0.3) is 17.0 Å². The summed E-state index contributed by atoms with van der Waals surface area (Å²) in [6.45, 7) is 0.872. The fraction of sp³-hybridized carbons (Fsp3) is 0.200. The molecule has 0 saturated carbocycles. The van der Waals surface area contributed by atoms with Gasteiger partial charge in [-0.15, -0.1) is 0 Å². The molecule has 4 rings (SSSR count). The number of imidazole rings is 1. The van der Waals surface area contributed by atoms with E-state index < -0.39 is 0 Å². The highest BCUT2D eigenvalue weighted by atomic mass is 16.5. The third-order valence-corrected chi connectivity index (χ3v) is 4.31. The van der Waals surface area contributed by atoms with E-state index in [9.17, 15) is 0 Å². The quantitative estimate of drug-likeness (QED) is 0.424. The van der Waals surface area contributed by atoms with E-state index in [-0.39, 0.29) is 0 Å². The number of anilines is 3. The Kier molecular flexibility index (Phi) is 5.57. The molecule has 3 N–H and O–H groups in total. The van der Waals surface area contributed by atoms with Gasteiger partial charge in [-0.25, -0.2) is 19.5 Å². The smallest absolute Gasteiger partial charge is 0.241 e. The van der Waals surface area contributed by atoms with Crippen molar-refractivity contribution in [3.05, 3.63) is 48.8 Å². The molecule has 0 fully saturated rings. The maximum atomic E-state index is 6.09. The van der Waals surface area contributed by atoms with Crippen LogP contribution in [-0.2, 0) is 4.74 Å². The van der Waals surface area contributed by atoms with E-state index in [2.05, 4.69) is 25.3 Å². The zero-order chi connectivity index (χ0) is 20.9. The van der Waals surface area contributed by atoms with E-state index in [1.165, 1.54) is 6.33 Å². The van der Waals surface area contributed by atoms with Gasteiger partial charge >= 0.3 is 0 Å². The van der Waals surface area contributed by atoms with Crippen LogP contribution in [0.2, 0.25) is 0 Å². The van der Waals surface area contributed by atoms with E-state index in [0.29, 0.717) is 42.6 Å². The lowest BCUT2D eigenvalue weighted by Gasteiger charge is -2.13. The molecule has 0 amide bonds. The number of ether oxygens (including phenoxy) is 3. The first-order valence-corrected chi connectivity index (χ1v) is 9.19. The Morgan fingerprint density at radius 1 is 1.00 bits per heavy atom. The molecular formula is C20H21N7O3. The normalized spacial score (nSPS) is 10.9. The molecule has 0 aliphatic rings. The molecule has 0 aliphatic carbocycles. The number of benzene rings is 2. The van der Waals surface area contributed by atoms with Crippen LogP contribution in [0.15, 0.2) is 48.8 Å². The number of nitrogens with one attached hydrogen (secondary N) is 1. The number of methoxy groups -OCH3 is 2. The molecule has 154 valence electrons. The van der Waals surface area contributed by atoms with Crippen molar-refractivity contribution in [1.82, 2.24) is 24.5 Å². The van der Waals surface area contributed by atoms with Crippen LogP contribution in [0.1, 0.15) is 0 Å². The Morgan fingerprint density at radius 3 is 2.70 bits per heavy atom. The summed E-state index contributed by atoms with van der Waals surface area (Å²) in [7, 11) is 3.21. The number of aromatic nitrogens is 5. The minimum atomic E-state index is 0.298. The summed E-state index contributed by atoms with van der Waals surface area (Å²) >= 11 is 0. The number of nitrogen functional groups attached to an aromatic ring is 1. The van der Waals surface area contributed by atoms with Crippen LogP contribution in [0, 0.1) is 0 Å². The van der Waals surface area contributed by atoms with E-state index >= 15 is 0 Å². The van der Waals surface area contributed by atoms with Gasteiger partial charge in [0.05, 0.1) is 24.8 Å². The Balaban J connectivity index is 1.62. The Labute approximate surface area is 172 Å². The second-order valence-corrected chi connectivity index (χ2v) is 6.24. The van der Waals surface area contributed by atoms with Crippen molar-refractivity contribution >= 4 is 28.6 Å². The summed E-state index contributed by atoms with van der Waals surface area (Å²) in [5, 5.41) is 3.15. The molecule has 0 atom stereocenters. The van der Waals surface area contributed by atoms with Crippen molar-refractivity contribution in [2.75, 3.05) is 38.5 Å². The summed E-state index contributed by atoms with van der Waals surface area (Å²) in [4.78, 5) is 17.3. The maximum Gasteiger partial charge on any atom is 0.241 e. The summed E-state index contributed by atoms with van der Waals surface area (Å²) in [5.74, 6) is 2.21. The number of hydrogen-bond acceptors (Lipinski definition) is 9. The van der Waals surface area contributed by atoms with Crippen molar-refractivity contribution in [3.8, 4) is 17.4 Å². The number of hydrogen-bond donors (Lipinski definition) is 2. The Morgan fingerprint density at radius 2 is 1.87 bits per heavy atom. The fourth-order valence-electron chi connectivity index (χ4n) is 2.94. The van der Waals surface area contributed by atoms with E-state index in [4.69, 9.17) is 19.9 Å². The summed E-state index contributed by atoms with van der Waals surface area (Å²) in [6, 6.07) is 13.0. The highest BCUT2D eigenvalue weighted by Crippen LogP contribution is 2.31. The highest BCUT2D eigenvalue weighted by molar-refractivity contribution is 5.80. The standard InChI is InChI=1S/C20H21N7O3/c1-28-9-10-30-17-11-13(7-8-16(17)29-2)24-19-22-12-23-20(26-19)27-15-6-4-3-5-14(15)25-18(27)21/h3-8,11-12H,9-10H2,1-2H3,(H2,21,25)(H,22,23,24,26). The number of nitrogens with zero attached hydrogens (tertiary/aromatic N) is 5. The van der Waals surface area contributed by atoms with Crippen LogP contribution in [0.4, 0.5) is 17.6 Å². The van der Waals surface area contributed by atoms with E-state index in [1.807, 2.05) is 30.3 Å². The van der Waals surface area contributed by atoms with Gasteiger partial charge in [0.25, 0.3) is 0 Å². The second kappa shape index (κ2) is 8.62. The second-order valence-electron chi connectivity index (χ2n) is 6.24. The molecule has 0 saturated heterocycles. The van der Waals surface area contributed by atoms with Crippen molar-refractivity contribution in [3.63, 3.8) is 0 Å². The molecule has 0 aliphatic heterocycles. The first-order valence-electron chi connectivity index (χ1n) is 9.19. The average Bonchev–Trinajstić information content (AvgIpc) is 3.10. The Bertz CT molecular complexity index is 1160. The van der Waals surface area contributed by atoms with Gasteiger partial charge in [0.2, 0.25) is 17.8 Å². The molecule has 10 nitrogen and oxygen atoms in total. The monoisotopic (exact) mass is 407 g/mol. The van der Waals surface area contributed by atoms with E-state index in [0.717, 1.165) is 16.7 Å². The lowest BCUT2D eigenvalue weighted by Crippen LogP contribution is -2.08. The van der Waals surface area contributed by atoms with Crippen LogP contribution in [0.5, 0.6) is 11.5 Å². The van der Waals surface area contributed by atoms with Crippen molar-refractivity contribution in [2.24, 2.45) is 0 Å². The number of fused-ring (bicyclic) bond motifs is 1. The molecule has 2 aromatic heterocycles. The summed E-state index contributed by atoms with van der Waals surface area (Å²) in [5.41, 5.74) is 8.39. The molecule has 0 bridgehead atoms. The van der Waals surface area contributed by atoms with Gasteiger partial charge in [-0.2, -0.15) is 4.98 Å². The minimum absolute atomic E-state index is 0.298. The fourth-order valence-corrected chi connectivity index (χ4v) is 2.94. The van der Waals surface area contributed by atoms with Crippen molar-refractivity contribution in [2.45, 2.75) is 0 Å². The van der Waals surface area contributed by atoms with Gasteiger partial charge in [0, 0.05) is 18.9 Å². The lowest BCUT2D eigenvalue weighted by molar-refractivity contribution is 0.144. The van der Waals surface area contributed by atoms with Gasteiger partial charge in [-0.3, -0.25) is 0 Å². The first-order chi connectivity index (χ1) is 14.7. The van der Waals surface area contributed by atoms with Crippen LogP contribution in [-0.4, -0.2) is 51.9 Å². The van der Waals surface area contributed by atoms with Crippen LogP contribution in [0.3, 0.4) is 0 Å². The molecule has 10 heteroatoms. The Hall–Kier alpha value is -3.92. The third-order valence-electron chi connectivity index (χ3n) is 4.31. The summed E-state index contributed by atoms with van der Waals surface area (Å²) in [6.07, 6.45) is 1.42. The molecule has 0 radical (unpaired) electrons. The number of nitrogens with two attached hydrogens (primary N) is 1. The topological polar surface area (TPSA) is 122 Å². The predicted molar refractivity (Wildman–Crippen MR) is 113 cm³/mol. The zero-order valence-corrected chi connectivity index (χ0v) is 16.6. The average molecular weight is 407 g/mol. The van der Waals surface area contributed by atoms with Gasteiger partial charge in [0.1, 0.15) is 12.9 Å². The van der Waals surface area contributed by atoms with Crippen molar-refractivity contribution in [1.29, 1.82) is 0 Å². The minimum Gasteiger partial charge on any atom is -0.493 e. The number of para-hydroxylation sites is 2. The molecular weight excluding hydrogens is 386 g/mol. The third kappa shape index (κ3) is 3.94. The van der Waals surface area contributed by atoms with Crippen LogP contribution < -0.4 is 20.5 Å². The largest absolute Gasteiger partial charge is 0.493 e. The maximum absolute atomic E-state index is 6.09. The van der Waals surface area contributed by atoms with Crippen LogP contribution >= 0.6 is 0 Å². The summed E-state index contributed by atoms with van der Waals surface area (Å²) < 4.78 is 17.8. The molecule has 0 spiro atoms. The van der Waals surface area contributed by atoms with Gasteiger partial charge in [-0.05, 0) is 24.3 Å². The first kappa shape index (κ1) is 19.4. The molecule has 4 aromatic rings. The molecule has 2 heterocycles. The van der Waals surface area contributed by atoms with Crippen molar-refractivity contribution < 1.29 is 14.2 Å². The molecule has 2 aromatic carbocycles. The lowest BCUT2D eigenvalue weighted by atomic mass is 10.2. The van der Waals surface area contributed by atoms with E-state index in [1.54, 1.807) is 30.9 Å². The van der Waals surface area contributed by atoms with Gasteiger partial charge in [0.15, 0.2) is 11.5 Å². The SMILES string of the molecule is COCCOc1cc(Nc2ncnc(-n3c(N)nc4ccccc43)n2)ccc1OC. The van der Waals surface area contributed by atoms with Gasteiger partial charge in [-0.1, -0.05) is 12.1 Å². The zero-order valence-electron chi connectivity index (χ0n) is 16.6. The molecule has 0 unspecified atom stereocenters. The molecule has 30 heavy (non-hydrogen) atoms.